The minimum atomic E-state index is -1.46. The van der Waals surface area contributed by atoms with Gasteiger partial charge in [0.15, 0.2) is 11.5 Å². The molecule has 0 radical (unpaired) electrons. The summed E-state index contributed by atoms with van der Waals surface area (Å²) in [5, 5.41) is 6.14. The number of hydrogen-bond acceptors (Lipinski definition) is 7. The Bertz CT molecular complexity index is 1340. The SMILES string of the molecule is Cc1ccc2c(c1C)NC(=O)[C@]21N[C@@H](CC(N)=O)[C@H]2C(=O)N(Cc3ccc4c(c3)OCO4)C(=O)[C@H]21. The van der Waals surface area contributed by atoms with Crippen molar-refractivity contribution in [1.82, 2.24) is 10.2 Å². The molecule has 4 heterocycles. The Balaban J connectivity index is 1.43. The Morgan fingerprint density at radius 2 is 1.89 bits per heavy atom. The molecule has 10 heteroatoms. The summed E-state index contributed by atoms with van der Waals surface area (Å²) in [5.41, 5.74) is 7.83. The summed E-state index contributed by atoms with van der Waals surface area (Å²) >= 11 is 0. The van der Waals surface area contributed by atoms with Gasteiger partial charge in [-0.25, -0.2) is 0 Å². The molecule has 4 aliphatic heterocycles. The zero-order chi connectivity index (χ0) is 24.6. The lowest BCUT2D eigenvalue weighted by Gasteiger charge is -2.29. The number of anilines is 1. The molecular formula is C25H24N4O6. The van der Waals surface area contributed by atoms with Gasteiger partial charge in [-0.1, -0.05) is 18.2 Å². The van der Waals surface area contributed by atoms with Crippen LogP contribution in [0.2, 0.25) is 0 Å². The predicted octanol–water partition coefficient (Wildman–Crippen LogP) is 0.828. The number of carbonyl (C=O) groups is 4. The molecule has 4 N–H and O–H groups in total. The van der Waals surface area contributed by atoms with Crippen molar-refractivity contribution in [1.29, 1.82) is 0 Å². The van der Waals surface area contributed by atoms with Gasteiger partial charge in [0.25, 0.3) is 0 Å². The van der Waals surface area contributed by atoms with Crippen LogP contribution in [0.5, 0.6) is 11.5 Å². The minimum absolute atomic E-state index is 0.0160. The largest absolute Gasteiger partial charge is 0.454 e. The number of nitrogens with zero attached hydrogens (tertiary/aromatic N) is 1. The molecule has 0 unspecified atom stereocenters. The van der Waals surface area contributed by atoms with E-state index in [0.717, 1.165) is 11.1 Å². The molecule has 2 aromatic rings. The number of imide groups is 1. The van der Waals surface area contributed by atoms with Crippen LogP contribution in [-0.4, -0.2) is 41.4 Å². The summed E-state index contributed by atoms with van der Waals surface area (Å²) in [6, 6.07) is 8.17. The fourth-order valence-electron chi connectivity index (χ4n) is 5.95. The lowest BCUT2D eigenvalue weighted by atomic mass is 9.76. The summed E-state index contributed by atoms with van der Waals surface area (Å²) in [6.45, 7) is 3.96. The number of primary amides is 1. The molecule has 35 heavy (non-hydrogen) atoms. The van der Waals surface area contributed by atoms with Crippen LogP contribution in [0.25, 0.3) is 0 Å². The van der Waals surface area contributed by atoms with Crippen molar-refractivity contribution < 1.29 is 28.7 Å². The van der Waals surface area contributed by atoms with Crippen LogP contribution in [0.15, 0.2) is 30.3 Å². The fraction of sp³-hybridized carbons (Fsp3) is 0.360. The maximum Gasteiger partial charge on any atom is 0.250 e. The molecular weight excluding hydrogens is 452 g/mol. The summed E-state index contributed by atoms with van der Waals surface area (Å²) < 4.78 is 10.8. The van der Waals surface area contributed by atoms with Crippen LogP contribution in [0.4, 0.5) is 5.69 Å². The van der Waals surface area contributed by atoms with Crippen LogP contribution < -0.4 is 25.8 Å². The Morgan fingerprint density at radius 3 is 2.66 bits per heavy atom. The van der Waals surface area contributed by atoms with E-state index in [9.17, 15) is 19.2 Å². The lowest BCUT2D eigenvalue weighted by molar-refractivity contribution is -0.143. The highest BCUT2D eigenvalue weighted by atomic mass is 16.7. The fourth-order valence-corrected chi connectivity index (χ4v) is 5.95. The summed E-state index contributed by atoms with van der Waals surface area (Å²) in [4.78, 5) is 54.1. The Hall–Kier alpha value is -3.92. The van der Waals surface area contributed by atoms with Gasteiger partial charge in [0, 0.05) is 23.7 Å². The first kappa shape index (κ1) is 21.6. The van der Waals surface area contributed by atoms with Crippen molar-refractivity contribution in [3.63, 3.8) is 0 Å². The summed E-state index contributed by atoms with van der Waals surface area (Å²) in [6.07, 6.45) is -0.173. The number of nitrogens with one attached hydrogen (secondary N) is 2. The molecule has 1 spiro atoms. The number of hydrogen-bond donors (Lipinski definition) is 3. The number of aryl methyl sites for hydroxylation is 1. The third kappa shape index (κ3) is 2.86. The molecule has 0 aliphatic carbocycles. The first-order valence-electron chi connectivity index (χ1n) is 11.4. The van der Waals surface area contributed by atoms with Gasteiger partial charge >= 0.3 is 0 Å². The van der Waals surface area contributed by atoms with Crippen LogP contribution in [0, 0.1) is 25.7 Å². The third-order valence-electron chi connectivity index (χ3n) is 7.71. The van der Waals surface area contributed by atoms with E-state index in [1.807, 2.05) is 26.0 Å². The number of fused-ring (bicyclic) bond motifs is 5. The van der Waals surface area contributed by atoms with Crippen molar-refractivity contribution in [3.8, 4) is 11.5 Å². The maximum absolute atomic E-state index is 13.8. The number of amides is 4. The quantitative estimate of drug-likeness (QED) is 0.555. The average molecular weight is 476 g/mol. The van der Waals surface area contributed by atoms with Crippen molar-refractivity contribution in [3.05, 3.63) is 52.6 Å². The molecule has 0 bridgehead atoms. The van der Waals surface area contributed by atoms with Gasteiger partial charge in [-0.15, -0.1) is 0 Å². The van der Waals surface area contributed by atoms with Gasteiger partial charge in [-0.2, -0.15) is 0 Å². The Labute approximate surface area is 200 Å². The van der Waals surface area contributed by atoms with E-state index in [0.29, 0.717) is 28.3 Å². The smallest absolute Gasteiger partial charge is 0.250 e. The minimum Gasteiger partial charge on any atom is -0.454 e. The highest BCUT2D eigenvalue weighted by Crippen LogP contribution is 2.54. The normalized spacial score (nSPS) is 28.0. The molecule has 4 amide bonds. The van der Waals surface area contributed by atoms with E-state index in [1.165, 1.54) is 4.90 Å². The van der Waals surface area contributed by atoms with Crippen LogP contribution >= 0.6 is 0 Å². The Kier molecular flexibility index (Phi) is 4.50. The molecule has 2 fully saturated rings. The second kappa shape index (κ2) is 7.29. The van der Waals surface area contributed by atoms with Crippen LogP contribution in [-0.2, 0) is 31.3 Å². The molecule has 0 aromatic heterocycles. The number of nitrogens with two attached hydrogens (primary N) is 1. The highest BCUT2D eigenvalue weighted by Gasteiger charge is 2.70. The first-order chi connectivity index (χ1) is 16.7. The number of likely N-dealkylation sites (tertiary alicyclic amines) is 1. The van der Waals surface area contributed by atoms with Crippen LogP contribution in [0.1, 0.15) is 28.7 Å². The van der Waals surface area contributed by atoms with Gasteiger partial charge in [0.05, 0.1) is 18.4 Å². The maximum atomic E-state index is 13.8. The van der Waals surface area contributed by atoms with Gasteiger partial charge in [-0.3, -0.25) is 29.4 Å². The molecule has 180 valence electrons. The van der Waals surface area contributed by atoms with Crippen molar-refractivity contribution >= 4 is 29.3 Å². The summed E-state index contributed by atoms with van der Waals surface area (Å²) in [5.74, 6) is -2.68. The van der Waals surface area contributed by atoms with Gasteiger partial charge < -0.3 is 20.5 Å². The van der Waals surface area contributed by atoms with E-state index in [1.54, 1.807) is 18.2 Å². The van der Waals surface area contributed by atoms with E-state index < -0.39 is 47.0 Å². The van der Waals surface area contributed by atoms with Gasteiger partial charge in [0.2, 0.25) is 30.4 Å². The zero-order valence-electron chi connectivity index (χ0n) is 19.2. The van der Waals surface area contributed by atoms with E-state index in [-0.39, 0.29) is 19.8 Å². The average Bonchev–Trinajstić information content (AvgIpc) is 3.53. The monoisotopic (exact) mass is 476 g/mol. The summed E-state index contributed by atoms with van der Waals surface area (Å²) in [7, 11) is 0. The number of carbonyl (C=O) groups excluding carboxylic acids is 4. The second-order valence-electron chi connectivity index (χ2n) is 9.57. The number of ether oxygens (including phenoxy) is 2. The van der Waals surface area contributed by atoms with E-state index in [2.05, 4.69) is 10.6 Å². The van der Waals surface area contributed by atoms with Crippen molar-refractivity contribution in [2.45, 2.75) is 38.4 Å². The van der Waals surface area contributed by atoms with Gasteiger partial charge in [0.1, 0.15) is 5.54 Å². The Morgan fingerprint density at radius 1 is 1.11 bits per heavy atom. The van der Waals surface area contributed by atoms with E-state index >= 15 is 0 Å². The topological polar surface area (TPSA) is 140 Å². The highest BCUT2D eigenvalue weighted by molar-refractivity contribution is 6.15. The van der Waals surface area contributed by atoms with Crippen molar-refractivity contribution in [2.24, 2.45) is 17.6 Å². The first-order valence-corrected chi connectivity index (χ1v) is 11.4. The van der Waals surface area contributed by atoms with Crippen molar-refractivity contribution in [2.75, 3.05) is 12.1 Å². The molecule has 4 atom stereocenters. The molecule has 10 nitrogen and oxygen atoms in total. The number of rotatable bonds is 4. The lowest BCUT2D eigenvalue weighted by Crippen LogP contribution is -2.53. The van der Waals surface area contributed by atoms with Crippen LogP contribution in [0.3, 0.4) is 0 Å². The number of benzene rings is 2. The molecule has 2 aromatic carbocycles. The standard InChI is InChI=1S/C25H24N4O6/c1-11-3-5-14-21(12(11)2)27-24(33)25(14)20-19(15(28-25)8-18(26)30)22(31)29(23(20)32)9-13-4-6-16-17(7-13)35-10-34-16/h3-7,15,19-20,28H,8-10H2,1-2H3,(H2,26,30)(H,27,33)/t15-,19+,20-,25-/m0/s1. The molecule has 6 rings (SSSR count). The third-order valence-corrected chi connectivity index (χ3v) is 7.71. The predicted molar refractivity (Wildman–Crippen MR) is 122 cm³/mol. The zero-order valence-corrected chi connectivity index (χ0v) is 19.2. The molecule has 0 saturated carbocycles. The van der Waals surface area contributed by atoms with Gasteiger partial charge in [-0.05, 0) is 42.7 Å². The molecule has 2 saturated heterocycles. The molecule has 4 aliphatic rings. The van der Waals surface area contributed by atoms with E-state index in [4.69, 9.17) is 15.2 Å². The second-order valence-corrected chi connectivity index (χ2v) is 9.57.